The molecule has 0 aromatic rings. The van der Waals surface area contributed by atoms with Gasteiger partial charge >= 0.3 is 0 Å². The van der Waals surface area contributed by atoms with E-state index < -0.39 is 0 Å². The van der Waals surface area contributed by atoms with Gasteiger partial charge < -0.3 is 15.5 Å². The van der Waals surface area contributed by atoms with Crippen molar-refractivity contribution < 1.29 is 10.6 Å². The van der Waals surface area contributed by atoms with E-state index in [9.17, 15) is 0 Å². The van der Waals surface area contributed by atoms with Crippen molar-refractivity contribution in [3.63, 3.8) is 0 Å². The summed E-state index contributed by atoms with van der Waals surface area (Å²) in [6.45, 7) is 5.49. The van der Waals surface area contributed by atoms with E-state index in [4.69, 9.17) is 5.11 Å². The predicted octanol–water partition coefficient (Wildman–Crippen LogP) is 0.274. The maximum Gasteiger partial charge on any atom is 0.0586 e. The van der Waals surface area contributed by atoms with Gasteiger partial charge in [0.15, 0.2) is 0 Å². The van der Waals surface area contributed by atoms with Crippen molar-refractivity contribution in [1.82, 2.24) is 4.90 Å². The highest BCUT2D eigenvalue weighted by Gasteiger charge is 2.18. The first-order valence-corrected chi connectivity index (χ1v) is 4.15. The van der Waals surface area contributed by atoms with Crippen LogP contribution in [0.25, 0.3) is 0 Å². The van der Waals surface area contributed by atoms with E-state index in [-0.39, 0.29) is 5.48 Å². The Morgan fingerprint density at radius 3 is 2.18 bits per heavy atom. The molecule has 3 nitrogen and oxygen atoms in total. The van der Waals surface area contributed by atoms with Crippen molar-refractivity contribution in [3.8, 4) is 0 Å². The van der Waals surface area contributed by atoms with E-state index >= 15 is 0 Å². The summed E-state index contributed by atoms with van der Waals surface area (Å²) >= 11 is 0. The molecule has 1 atom stereocenters. The minimum atomic E-state index is 0. The third-order valence-electron chi connectivity index (χ3n) is 1.88. The molecule has 0 aliphatic carbocycles. The monoisotopic (exact) mass is 163 g/mol. The van der Waals surface area contributed by atoms with E-state index in [1.807, 2.05) is 13.8 Å². The predicted molar refractivity (Wildman–Crippen MR) is 47.7 cm³/mol. The number of aliphatic hydroxyl groups is 1. The van der Waals surface area contributed by atoms with Gasteiger partial charge in [0, 0.05) is 6.04 Å². The molecule has 1 saturated heterocycles. The third kappa shape index (κ3) is 4.35. The lowest BCUT2D eigenvalue weighted by Crippen LogP contribution is -2.27. The number of likely N-dealkylation sites (tertiary alicyclic amines) is 1. The second-order valence-corrected chi connectivity index (χ2v) is 2.46. The normalized spacial score (nSPS) is 23.5. The summed E-state index contributed by atoms with van der Waals surface area (Å²) < 4.78 is 0. The quantitative estimate of drug-likeness (QED) is 0.603. The second kappa shape index (κ2) is 7.98. The fourth-order valence-electron chi connectivity index (χ4n) is 1.21. The van der Waals surface area contributed by atoms with Crippen LogP contribution in [0, 0.1) is 0 Å². The summed E-state index contributed by atoms with van der Waals surface area (Å²) in [7, 11) is 2.06. The summed E-state index contributed by atoms with van der Waals surface area (Å²) in [6.07, 6.45) is 2.43. The average molecular weight is 163 g/mol. The molecule has 3 heteroatoms. The van der Waals surface area contributed by atoms with Gasteiger partial charge in [-0.2, -0.15) is 0 Å². The fourth-order valence-corrected chi connectivity index (χ4v) is 1.21. The number of rotatable bonds is 1. The van der Waals surface area contributed by atoms with Crippen LogP contribution < -0.4 is 0 Å². The lowest BCUT2D eigenvalue weighted by molar-refractivity contribution is 0.182. The van der Waals surface area contributed by atoms with Crippen molar-refractivity contribution in [1.29, 1.82) is 0 Å². The molecule has 11 heavy (non-hydrogen) atoms. The van der Waals surface area contributed by atoms with Crippen LogP contribution in [-0.4, -0.2) is 41.7 Å². The average Bonchev–Trinajstić information content (AvgIpc) is 2.39. The highest BCUT2D eigenvalue weighted by molar-refractivity contribution is 4.74. The Morgan fingerprint density at radius 1 is 1.45 bits per heavy atom. The van der Waals surface area contributed by atoms with Crippen LogP contribution >= 0.6 is 0 Å². The summed E-state index contributed by atoms with van der Waals surface area (Å²) in [5, 5.41) is 8.69. The Balaban J connectivity index is 0. The summed E-state index contributed by atoms with van der Waals surface area (Å²) in [4.78, 5) is 2.21. The van der Waals surface area contributed by atoms with Crippen LogP contribution in [0.1, 0.15) is 26.7 Å². The zero-order valence-electron chi connectivity index (χ0n) is 7.80. The lowest BCUT2D eigenvalue weighted by Gasteiger charge is -2.15. The zero-order chi connectivity index (χ0) is 7.98. The number of nitrogens with zero attached hydrogens (tertiary/aromatic N) is 1. The molecular formula is C8H21NO2. The third-order valence-corrected chi connectivity index (χ3v) is 1.88. The molecular weight excluding hydrogens is 142 g/mol. The number of likely N-dealkylation sites (N-methyl/N-ethyl adjacent to an activating group) is 1. The molecule has 1 aliphatic heterocycles. The van der Waals surface area contributed by atoms with Crippen LogP contribution in [-0.2, 0) is 0 Å². The first-order chi connectivity index (χ1) is 4.84. The Morgan fingerprint density at radius 2 is 2.00 bits per heavy atom. The van der Waals surface area contributed by atoms with Crippen LogP contribution in [0.15, 0.2) is 0 Å². The maximum atomic E-state index is 8.69. The minimum absolute atomic E-state index is 0. The van der Waals surface area contributed by atoms with Crippen molar-refractivity contribution in [3.05, 3.63) is 0 Å². The van der Waals surface area contributed by atoms with Crippen LogP contribution in [0.4, 0.5) is 0 Å². The summed E-state index contributed by atoms with van der Waals surface area (Å²) in [5.74, 6) is 0. The minimum Gasteiger partial charge on any atom is -0.412 e. The molecule has 0 spiro atoms. The van der Waals surface area contributed by atoms with E-state index in [0.717, 1.165) is 6.54 Å². The highest BCUT2D eigenvalue weighted by Crippen LogP contribution is 2.12. The molecule has 0 bridgehead atoms. The van der Waals surface area contributed by atoms with Crippen molar-refractivity contribution in [2.75, 3.05) is 20.2 Å². The molecule has 70 valence electrons. The van der Waals surface area contributed by atoms with Crippen LogP contribution in [0.2, 0.25) is 0 Å². The Labute approximate surface area is 69.3 Å². The standard InChI is InChI=1S/C6H13NO.C2H6.H2O/c1-7-4-2-3-6(7)5-8;1-2;/h6,8H,2-5H2,1H3;1-2H3;1H2/t6-;;/m1../s1. The first kappa shape index (κ1) is 13.5. The molecule has 0 aromatic carbocycles. The van der Waals surface area contributed by atoms with Gasteiger partial charge in [-0.05, 0) is 26.4 Å². The Hall–Kier alpha value is -0.120. The molecule has 3 N–H and O–H groups in total. The van der Waals surface area contributed by atoms with Gasteiger partial charge in [0.1, 0.15) is 0 Å². The number of aliphatic hydroxyl groups excluding tert-OH is 1. The first-order valence-electron chi connectivity index (χ1n) is 4.15. The maximum absolute atomic E-state index is 8.69. The van der Waals surface area contributed by atoms with E-state index in [1.165, 1.54) is 12.8 Å². The summed E-state index contributed by atoms with van der Waals surface area (Å²) in [5.41, 5.74) is 0. The van der Waals surface area contributed by atoms with E-state index in [2.05, 4.69) is 11.9 Å². The van der Waals surface area contributed by atoms with E-state index in [1.54, 1.807) is 0 Å². The second-order valence-electron chi connectivity index (χ2n) is 2.46. The molecule has 0 amide bonds. The van der Waals surface area contributed by atoms with Crippen molar-refractivity contribution in [2.24, 2.45) is 0 Å². The molecule has 1 heterocycles. The molecule has 1 rings (SSSR count). The van der Waals surface area contributed by atoms with E-state index in [0.29, 0.717) is 12.6 Å². The van der Waals surface area contributed by atoms with Gasteiger partial charge in [0.25, 0.3) is 0 Å². The number of hydrogen-bond acceptors (Lipinski definition) is 2. The molecule has 1 fully saturated rings. The fraction of sp³-hybridized carbons (Fsp3) is 1.00. The zero-order valence-corrected chi connectivity index (χ0v) is 7.80. The molecule has 0 radical (unpaired) electrons. The van der Waals surface area contributed by atoms with Gasteiger partial charge in [-0.15, -0.1) is 0 Å². The molecule has 1 aliphatic rings. The molecule has 0 unspecified atom stereocenters. The Kier molecular flexibility index (Phi) is 9.77. The molecule has 0 saturated carbocycles. The lowest BCUT2D eigenvalue weighted by atomic mass is 10.2. The topological polar surface area (TPSA) is 55.0 Å². The van der Waals surface area contributed by atoms with Gasteiger partial charge in [-0.3, -0.25) is 0 Å². The van der Waals surface area contributed by atoms with Gasteiger partial charge in [0.05, 0.1) is 6.61 Å². The van der Waals surface area contributed by atoms with Gasteiger partial charge in [-0.25, -0.2) is 0 Å². The summed E-state index contributed by atoms with van der Waals surface area (Å²) in [6, 6.07) is 0.454. The smallest absolute Gasteiger partial charge is 0.0586 e. The van der Waals surface area contributed by atoms with Gasteiger partial charge in [-0.1, -0.05) is 13.8 Å². The molecule has 0 aromatic heterocycles. The number of hydrogen-bond donors (Lipinski definition) is 1. The van der Waals surface area contributed by atoms with Crippen molar-refractivity contribution in [2.45, 2.75) is 32.7 Å². The van der Waals surface area contributed by atoms with Crippen LogP contribution in [0.3, 0.4) is 0 Å². The largest absolute Gasteiger partial charge is 0.412 e. The van der Waals surface area contributed by atoms with Crippen molar-refractivity contribution >= 4 is 0 Å². The Bertz CT molecular complexity index is 78.5. The highest BCUT2D eigenvalue weighted by atomic mass is 16.3. The SMILES string of the molecule is CC.CN1CCC[C@@H]1CO.O. The van der Waals surface area contributed by atoms with Gasteiger partial charge in [0.2, 0.25) is 0 Å². The van der Waals surface area contributed by atoms with Crippen LogP contribution in [0.5, 0.6) is 0 Å².